The summed E-state index contributed by atoms with van der Waals surface area (Å²) in [6.45, 7) is 7.73. The lowest BCUT2D eigenvalue weighted by molar-refractivity contribution is -0.139. The lowest BCUT2D eigenvalue weighted by Gasteiger charge is -2.42. The summed E-state index contributed by atoms with van der Waals surface area (Å²) in [4.78, 5) is 27.2. The summed E-state index contributed by atoms with van der Waals surface area (Å²) in [6, 6.07) is 0.194. The topological polar surface area (TPSA) is 78.7 Å². The van der Waals surface area contributed by atoms with Gasteiger partial charge in [0.2, 0.25) is 11.8 Å². The Kier molecular flexibility index (Phi) is 5.79. The number of piperazine rings is 1. The zero-order valence-electron chi connectivity index (χ0n) is 12.2. The molecule has 20 heavy (non-hydrogen) atoms. The van der Waals surface area contributed by atoms with Gasteiger partial charge in [0.1, 0.15) is 0 Å². The largest absolute Gasteiger partial charge is 0.353 e. The van der Waals surface area contributed by atoms with Crippen LogP contribution in [0.2, 0.25) is 0 Å². The molecule has 0 radical (unpaired) electrons. The first-order chi connectivity index (χ1) is 8.88. The van der Waals surface area contributed by atoms with Crippen LogP contribution in [0.15, 0.2) is 0 Å². The number of hydrogen-bond acceptors (Lipinski definition) is 4. The van der Waals surface area contributed by atoms with Gasteiger partial charge in [0.05, 0.1) is 13.1 Å². The fourth-order valence-electron chi connectivity index (χ4n) is 2.76. The summed E-state index contributed by atoms with van der Waals surface area (Å²) in [5.74, 6) is -0.0262. The van der Waals surface area contributed by atoms with Crippen molar-refractivity contribution in [1.29, 1.82) is 0 Å². The van der Waals surface area contributed by atoms with Crippen LogP contribution in [-0.4, -0.2) is 66.9 Å². The highest BCUT2D eigenvalue weighted by Crippen LogP contribution is 2.27. The van der Waals surface area contributed by atoms with E-state index in [1.165, 1.54) is 0 Å². The second-order valence-electron chi connectivity index (χ2n) is 6.26. The first-order valence-corrected chi connectivity index (χ1v) is 6.91. The van der Waals surface area contributed by atoms with E-state index in [0.717, 1.165) is 19.5 Å². The average Bonchev–Trinajstić information content (AvgIpc) is 2.33. The second kappa shape index (κ2) is 6.74. The molecular formula is C13H25ClN4O2. The molecule has 0 aromatic carbocycles. The van der Waals surface area contributed by atoms with Crippen molar-refractivity contribution in [3.8, 4) is 0 Å². The minimum absolute atomic E-state index is 0. The van der Waals surface area contributed by atoms with E-state index >= 15 is 0 Å². The van der Waals surface area contributed by atoms with Gasteiger partial charge in [0.25, 0.3) is 0 Å². The van der Waals surface area contributed by atoms with E-state index in [9.17, 15) is 9.59 Å². The normalized spacial score (nSPS) is 26.6. The van der Waals surface area contributed by atoms with Crippen molar-refractivity contribution in [3.63, 3.8) is 0 Å². The summed E-state index contributed by atoms with van der Waals surface area (Å²) < 4.78 is 0. The van der Waals surface area contributed by atoms with E-state index < -0.39 is 0 Å². The maximum absolute atomic E-state index is 12.2. The number of carbonyl (C=O) groups is 2. The van der Waals surface area contributed by atoms with E-state index in [-0.39, 0.29) is 42.2 Å². The molecule has 0 aromatic heterocycles. The highest BCUT2D eigenvalue weighted by molar-refractivity contribution is 5.86. The Balaban J connectivity index is 0.00000200. The third kappa shape index (κ3) is 4.07. The van der Waals surface area contributed by atoms with Gasteiger partial charge in [-0.3, -0.25) is 14.5 Å². The lowest BCUT2D eigenvalue weighted by atomic mass is 9.80. The molecule has 0 aliphatic carbocycles. The molecule has 1 unspecified atom stereocenters. The molecule has 0 saturated carbocycles. The van der Waals surface area contributed by atoms with Crippen LogP contribution in [0, 0.1) is 5.41 Å². The summed E-state index contributed by atoms with van der Waals surface area (Å²) in [7, 11) is 0. The molecule has 0 bridgehead atoms. The fourth-order valence-corrected chi connectivity index (χ4v) is 2.76. The number of likely N-dealkylation sites (tertiary alicyclic amines) is 1. The first-order valence-electron chi connectivity index (χ1n) is 6.91. The highest BCUT2D eigenvalue weighted by Gasteiger charge is 2.34. The third-order valence-electron chi connectivity index (χ3n) is 4.14. The highest BCUT2D eigenvalue weighted by atomic mass is 35.5. The molecule has 3 N–H and O–H groups in total. The van der Waals surface area contributed by atoms with Crippen molar-refractivity contribution in [2.24, 2.45) is 11.1 Å². The second-order valence-corrected chi connectivity index (χ2v) is 6.26. The van der Waals surface area contributed by atoms with Crippen LogP contribution >= 0.6 is 12.4 Å². The molecular weight excluding hydrogens is 280 g/mol. The summed E-state index contributed by atoms with van der Waals surface area (Å²) in [5, 5.41) is 2.73. The zero-order valence-corrected chi connectivity index (χ0v) is 13.0. The van der Waals surface area contributed by atoms with Gasteiger partial charge >= 0.3 is 0 Å². The molecule has 7 heteroatoms. The number of nitrogens with two attached hydrogens (primary N) is 1. The molecule has 0 aromatic rings. The fraction of sp³-hybridized carbons (Fsp3) is 0.846. The number of nitrogens with zero attached hydrogens (tertiary/aromatic N) is 2. The molecule has 2 fully saturated rings. The van der Waals surface area contributed by atoms with E-state index in [1.807, 2.05) is 0 Å². The molecule has 0 spiro atoms. The molecule has 2 heterocycles. The number of halogens is 1. The van der Waals surface area contributed by atoms with Crippen LogP contribution in [0.5, 0.6) is 0 Å². The molecule has 2 amide bonds. The molecule has 6 nitrogen and oxygen atoms in total. The van der Waals surface area contributed by atoms with Crippen LogP contribution in [0.25, 0.3) is 0 Å². The van der Waals surface area contributed by atoms with E-state index in [0.29, 0.717) is 19.6 Å². The number of nitrogens with one attached hydrogen (secondary N) is 1. The van der Waals surface area contributed by atoms with Gasteiger partial charge in [-0.1, -0.05) is 13.8 Å². The zero-order chi connectivity index (χ0) is 14.0. The quantitative estimate of drug-likeness (QED) is 0.716. The van der Waals surface area contributed by atoms with Crippen molar-refractivity contribution in [2.45, 2.75) is 26.3 Å². The van der Waals surface area contributed by atoms with Gasteiger partial charge in [0.15, 0.2) is 0 Å². The molecule has 1 atom stereocenters. The van der Waals surface area contributed by atoms with Crippen molar-refractivity contribution in [3.05, 3.63) is 0 Å². The van der Waals surface area contributed by atoms with Crippen molar-refractivity contribution >= 4 is 24.2 Å². The van der Waals surface area contributed by atoms with Gasteiger partial charge < -0.3 is 16.0 Å². The minimum atomic E-state index is -0.0689. The van der Waals surface area contributed by atoms with Crippen LogP contribution < -0.4 is 11.1 Å². The minimum Gasteiger partial charge on any atom is -0.353 e. The number of rotatable bonds is 2. The Morgan fingerprint density at radius 2 is 2.15 bits per heavy atom. The standard InChI is InChI=1S/C13H24N4O2.ClH/c1-13(2)9-16(5-3-10(13)14)8-12(19)17-6-4-15-11(18)7-17;/h10H,3-9,14H2,1-2H3,(H,15,18);1H. The summed E-state index contributed by atoms with van der Waals surface area (Å²) in [6.07, 6.45) is 0.917. The van der Waals surface area contributed by atoms with E-state index in [4.69, 9.17) is 5.73 Å². The van der Waals surface area contributed by atoms with Crippen LogP contribution in [0.3, 0.4) is 0 Å². The third-order valence-corrected chi connectivity index (χ3v) is 4.14. The van der Waals surface area contributed by atoms with Gasteiger partial charge in [-0.05, 0) is 11.8 Å². The Hall–Kier alpha value is -0.850. The molecule has 116 valence electrons. The van der Waals surface area contributed by atoms with Crippen molar-refractivity contribution in [2.75, 3.05) is 39.3 Å². The summed E-state index contributed by atoms with van der Waals surface area (Å²) in [5.41, 5.74) is 6.13. The van der Waals surface area contributed by atoms with Gasteiger partial charge in [-0.25, -0.2) is 0 Å². The number of amides is 2. The lowest BCUT2D eigenvalue weighted by Crippen LogP contribution is -2.56. The average molecular weight is 305 g/mol. The van der Waals surface area contributed by atoms with E-state index in [1.54, 1.807) is 4.90 Å². The Bertz CT molecular complexity index is 375. The monoisotopic (exact) mass is 304 g/mol. The smallest absolute Gasteiger partial charge is 0.239 e. The SMILES string of the molecule is CC1(C)CN(CC(=O)N2CCNC(=O)C2)CCC1N.Cl. The van der Waals surface area contributed by atoms with Gasteiger partial charge in [0, 0.05) is 32.2 Å². The summed E-state index contributed by atoms with van der Waals surface area (Å²) >= 11 is 0. The van der Waals surface area contributed by atoms with Crippen LogP contribution in [0.4, 0.5) is 0 Å². The molecule has 2 rings (SSSR count). The number of piperidine rings is 1. The van der Waals surface area contributed by atoms with Crippen LogP contribution in [0.1, 0.15) is 20.3 Å². The predicted molar refractivity (Wildman–Crippen MR) is 79.7 cm³/mol. The Labute approximate surface area is 126 Å². The van der Waals surface area contributed by atoms with E-state index in [2.05, 4.69) is 24.1 Å². The van der Waals surface area contributed by atoms with Crippen molar-refractivity contribution in [1.82, 2.24) is 15.1 Å². The van der Waals surface area contributed by atoms with Crippen molar-refractivity contribution < 1.29 is 9.59 Å². The maximum Gasteiger partial charge on any atom is 0.239 e. The molecule has 2 aliphatic heterocycles. The maximum atomic E-state index is 12.2. The first kappa shape index (κ1) is 17.2. The van der Waals surface area contributed by atoms with Gasteiger partial charge in [-0.2, -0.15) is 0 Å². The Morgan fingerprint density at radius 1 is 1.45 bits per heavy atom. The number of hydrogen-bond donors (Lipinski definition) is 2. The molecule has 2 aliphatic rings. The van der Waals surface area contributed by atoms with Gasteiger partial charge in [-0.15, -0.1) is 12.4 Å². The molecule has 2 saturated heterocycles. The Morgan fingerprint density at radius 3 is 2.75 bits per heavy atom. The predicted octanol–water partition coefficient (Wildman–Crippen LogP) is -0.574. The van der Waals surface area contributed by atoms with Crippen LogP contribution in [-0.2, 0) is 9.59 Å². The number of carbonyl (C=O) groups excluding carboxylic acids is 2.